The Hall–Kier alpha value is -3.00. The van der Waals surface area contributed by atoms with Gasteiger partial charge >= 0.3 is 5.97 Å². The van der Waals surface area contributed by atoms with Crippen molar-refractivity contribution in [3.05, 3.63) is 52.3 Å². The number of nitrogens with zero attached hydrogens (tertiary/aromatic N) is 2. The second-order valence-corrected chi connectivity index (χ2v) is 6.41. The Bertz CT molecular complexity index is 947. The smallest absolute Gasteiger partial charge is 0.355 e. The van der Waals surface area contributed by atoms with Crippen LogP contribution in [-0.2, 0) is 4.74 Å². The zero-order valence-corrected chi connectivity index (χ0v) is 15.4. The molecular formula is C18H18N4O3S. The molecule has 0 aliphatic carbocycles. The van der Waals surface area contributed by atoms with E-state index in [-0.39, 0.29) is 12.5 Å². The second-order valence-electron chi connectivity index (χ2n) is 5.55. The van der Waals surface area contributed by atoms with E-state index in [2.05, 4.69) is 20.3 Å². The molecule has 0 atom stereocenters. The van der Waals surface area contributed by atoms with E-state index in [0.717, 1.165) is 5.69 Å². The number of aromatic nitrogens is 3. The summed E-state index contributed by atoms with van der Waals surface area (Å²) in [6.45, 7) is 5.46. The number of carbonyl (C=O) groups excluding carboxylic acids is 2. The molecule has 8 heteroatoms. The average Bonchev–Trinajstić information content (AvgIpc) is 3.20. The minimum atomic E-state index is -0.473. The number of carbonyl (C=O) groups is 2. The molecule has 0 saturated carbocycles. The molecular weight excluding hydrogens is 352 g/mol. The molecule has 26 heavy (non-hydrogen) atoms. The molecule has 0 bridgehead atoms. The van der Waals surface area contributed by atoms with Crippen LogP contribution in [0.2, 0.25) is 0 Å². The van der Waals surface area contributed by atoms with E-state index in [1.807, 2.05) is 23.6 Å². The maximum Gasteiger partial charge on any atom is 0.355 e. The minimum absolute atomic E-state index is 0.271. The molecule has 0 saturated heterocycles. The van der Waals surface area contributed by atoms with Crippen molar-refractivity contribution in [3.8, 4) is 11.4 Å². The number of aryl methyl sites for hydroxylation is 1. The number of aromatic amines is 1. The first-order valence-corrected chi connectivity index (χ1v) is 8.93. The molecule has 0 unspecified atom stereocenters. The number of amides is 1. The Morgan fingerprint density at radius 2 is 2.08 bits per heavy atom. The third-order valence-electron chi connectivity index (χ3n) is 3.80. The predicted octanol–water partition coefficient (Wildman–Crippen LogP) is 3.58. The molecule has 0 radical (unpaired) electrons. The minimum Gasteiger partial charge on any atom is -0.461 e. The number of hydrogen-bond donors (Lipinski definition) is 2. The fourth-order valence-electron chi connectivity index (χ4n) is 2.62. The number of nitrogens with one attached hydrogen (secondary N) is 2. The van der Waals surface area contributed by atoms with Crippen LogP contribution in [-0.4, -0.2) is 33.4 Å². The molecule has 0 aliphatic rings. The number of esters is 1. The molecule has 0 spiro atoms. The molecule has 0 aliphatic heterocycles. The summed E-state index contributed by atoms with van der Waals surface area (Å²) in [6, 6.07) is 5.56. The summed E-state index contributed by atoms with van der Waals surface area (Å²) in [4.78, 5) is 36.2. The quantitative estimate of drug-likeness (QED) is 0.669. The third kappa shape index (κ3) is 3.50. The van der Waals surface area contributed by atoms with Crippen molar-refractivity contribution in [1.29, 1.82) is 0 Å². The van der Waals surface area contributed by atoms with Gasteiger partial charge in [0.15, 0.2) is 5.13 Å². The predicted molar refractivity (Wildman–Crippen MR) is 99.5 cm³/mol. The first kappa shape index (κ1) is 17.8. The molecule has 7 nitrogen and oxygen atoms in total. The largest absolute Gasteiger partial charge is 0.461 e. The SMILES string of the molecule is CCOC(=O)c1[nH]c(C)c(C(=O)Nc2nc(-c3ccccn3)cs2)c1C. The lowest BCUT2D eigenvalue weighted by molar-refractivity contribution is 0.0519. The number of ether oxygens (including phenoxy) is 1. The van der Waals surface area contributed by atoms with Gasteiger partial charge in [-0.3, -0.25) is 15.1 Å². The van der Waals surface area contributed by atoms with Gasteiger partial charge < -0.3 is 9.72 Å². The van der Waals surface area contributed by atoms with Gasteiger partial charge in [0, 0.05) is 17.3 Å². The second kappa shape index (κ2) is 7.49. The van der Waals surface area contributed by atoms with Gasteiger partial charge in [-0.05, 0) is 38.5 Å². The Labute approximate surface area is 154 Å². The zero-order chi connectivity index (χ0) is 18.7. The van der Waals surface area contributed by atoms with Crippen molar-refractivity contribution in [1.82, 2.24) is 15.0 Å². The Kier molecular flexibility index (Phi) is 5.13. The highest BCUT2D eigenvalue weighted by molar-refractivity contribution is 7.14. The normalized spacial score (nSPS) is 10.6. The maximum absolute atomic E-state index is 12.7. The summed E-state index contributed by atoms with van der Waals surface area (Å²) in [5, 5.41) is 5.08. The highest BCUT2D eigenvalue weighted by Gasteiger charge is 2.23. The number of anilines is 1. The van der Waals surface area contributed by atoms with E-state index in [1.54, 1.807) is 27.0 Å². The van der Waals surface area contributed by atoms with Crippen molar-refractivity contribution >= 4 is 28.3 Å². The van der Waals surface area contributed by atoms with Gasteiger partial charge in [-0.25, -0.2) is 9.78 Å². The lowest BCUT2D eigenvalue weighted by Crippen LogP contribution is -2.14. The average molecular weight is 370 g/mol. The van der Waals surface area contributed by atoms with Gasteiger partial charge in [0.1, 0.15) is 11.4 Å². The number of rotatable bonds is 5. The number of hydrogen-bond acceptors (Lipinski definition) is 6. The maximum atomic E-state index is 12.7. The molecule has 3 rings (SSSR count). The number of H-pyrrole nitrogens is 1. The molecule has 2 N–H and O–H groups in total. The van der Waals surface area contributed by atoms with Crippen LogP contribution in [0.5, 0.6) is 0 Å². The zero-order valence-electron chi connectivity index (χ0n) is 14.6. The third-order valence-corrected chi connectivity index (χ3v) is 4.55. The molecule has 1 amide bonds. The van der Waals surface area contributed by atoms with E-state index < -0.39 is 5.97 Å². The van der Waals surface area contributed by atoms with Crippen molar-refractivity contribution in [2.45, 2.75) is 20.8 Å². The summed E-state index contributed by atoms with van der Waals surface area (Å²) >= 11 is 1.32. The van der Waals surface area contributed by atoms with Crippen LogP contribution in [0.15, 0.2) is 29.8 Å². The fourth-order valence-corrected chi connectivity index (χ4v) is 3.32. The van der Waals surface area contributed by atoms with Crippen LogP contribution in [0, 0.1) is 13.8 Å². The molecule has 3 heterocycles. The summed E-state index contributed by atoms with van der Waals surface area (Å²) in [7, 11) is 0. The van der Waals surface area contributed by atoms with Crippen molar-refractivity contribution in [2.75, 3.05) is 11.9 Å². The van der Waals surface area contributed by atoms with Crippen LogP contribution in [0.4, 0.5) is 5.13 Å². The van der Waals surface area contributed by atoms with E-state index in [0.29, 0.717) is 33.3 Å². The first-order chi connectivity index (χ1) is 12.5. The van der Waals surface area contributed by atoms with Gasteiger partial charge in [-0.15, -0.1) is 11.3 Å². The van der Waals surface area contributed by atoms with E-state index in [9.17, 15) is 9.59 Å². The van der Waals surface area contributed by atoms with Crippen LogP contribution < -0.4 is 5.32 Å². The molecule has 0 fully saturated rings. The van der Waals surface area contributed by atoms with Crippen molar-refractivity contribution < 1.29 is 14.3 Å². The Balaban J connectivity index is 1.81. The molecule has 3 aromatic rings. The van der Waals surface area contributed by atoms with Crippen LogP contribution in [0.3, 0.4) is 0 Å². The molecule has 3 aromatic heterocycles. The summed E-state index contributed by atoms with van der Waals surface area (Å²) < 4.78 is 5.01. The van der Waals surface area contributed by atoms with Crippen LogP contribution in [0.25, 0.3) is 11.4 Å². The number of thiazole rings is 1. The Morgan fingerprint density at radius 1 is 1.27 bits per heavy atom. The first-order valence-electron chi connectivity index (χ1n) is 8.05. The van der Waals surface area contributed by atoms with Gasteiger partial charge in [-0.2, -0.15) is 0 Å². The van der Waals surface area contributed by atoms with Crippen molar-refractivity contribution in [3.63, 3.8) is 0 Å². The summed E-state index contributed by atoms with van der Waals surface area (Å²) in [5.74, 6) is -0.799. The number of pyridine rings is 1. The highest BCUT2D eigenvalue weighted by Crippen LogP contribution is 2.25. The molecule has 134 valence electrons. The Morgan fingerprint density at radius 3 is 2.77 bits per heavy atom. The van der Waals surface area contributed by atoms with Crippen LogP contribution >= 0.6 is 11.3 Å². The van der Waals surface area contributed by atoms with E-state index >= 15 is 0 Å². The van der Waals surface area contributed by atoms with Gasteiger partial charge in [-0.1, -0.05) is 6.07 Å². The van der Waals surface area contributed by atoms with Gasteiger partial charge in [0.25, 0.3) is 5.91 Å². The standard InChI is InChI=1S/C18H18N4O3S/c1-4-25-17(24)15-10(2)14(11(3)20-15)16(23)22-18-21-13(9-26-18)12-7-5-6-8-19-12/h5-9,20H,4H2,1-3H3,(H,21,22,23). The van der Waals surface area contributed by atoms with E-state index in [4.69, 9.17) is 4.74 Å². The lowest BCUT2D eigenvalue weighted by atomic mass is 10.1. The van der Waals surface area contributed by atoms with Crippen LogP contribution in [0.1, 0.15) is 39.0 Å². The van der Waals surface area contributed by atoms with E-state index in [1.165, 1.54) is 11.3 Å². The topological polar surface area (TPSA) is 97.0 Å². The molecule has 0 aromatic carbocycles. The monoisotopic (exact) mass is 370 g/mol. The fraction of sp³-hybridized carbons (Fsp3) is 0.222. The van der Waals surface area contributed by atoms with Gasteiger partial charge in [0.2, 0.25) is 0 Å². The highest BCUT2D eigenvalue weighted by atomic mass is 32.1. The lowest BCUT2D eigenvalue weighted by Gasteiger charge is -2.03. The summed E-state index contributed by atoms with van der Waals surface area (Å²) in [5.41, 5.74) is 3.30. The summed E-state index contributed by atoms with van der Waals surface area (Å²) in [6.07, 6.45) is 1.69. The van der Waals surface area contributed by atoms with Crippen molar-refractivity contribution in [2.24, 2.45) is 0 Å². The van der Waals surface area contributed by atoms with Gasteiger partial charge in [0.05, 0.1) is 17.9 Å².